The van der Waals surface area contributed by atoms with Crippen molar-refractivity contribution >= 4 is 23.4 Å². The van der Waals surface area contributed by atoms with Crippen molar-refractivity contribution in [2.45, 2.75) is 5.75 Å². The number of hydrogen-bond acceptors (Lipinski definition) is 4. The van der Waals surface area contributed by atoms with E-state index in [4.69, 9.17) is 0 Å². The predicted molar refractivity (Wildman–Crippen MR) is 82.3 cm³/mol. The minimum absolute atomic E-state index is 0.00144. The fraction of sp³-hybridized carbons (Fsp3) is 0.200. The molecule has 0 saturated carbocycles. The van der Waals surface area contributed by atoms with E-state index in [1.165, 1.54) is 13.3 Å². The van der Waals surface area contributed by atoms with Crippen LogP contribution in [-0.4, -0.2) is 24.3 Å². The molecule has 1 aromatic heterocycles. The first-order valence-electron chi connectivity index (χ1n) is 6.34. The summed E-state index contributed by atoms with van der Waals surface area (Å²) in [5.41, 5.74) is 0.983. The first-order valence-corrected chi connectivity index (χ1v) is 7.73. The highest BCUT2D eigenvalue weighted by atomic mass is 32.2. The highest BCUT2D eigenvalue weighted by Crippen LogP contribution is 2.25. The second-order valence-electron chi connectivity index (χ2n) is 4.37. The summed E-state index contributed by atoms with van der Waals surface area (Å²) in [6.45, 7) is 0. The Balaban J connectivity index is 2.26. The number of nitrogens with one attached hydrogen (secondary N) is 1. The lowest BCUT2D eigenvalue weighted by Gasteiger charge is -2.10. The maximum Gasteiger partial charge on any atom is 0.274 e. The molecule has 0 aliphatic rings. The van der Waals surface area contributed by atoms with E-state index in [1.54, 1.807) is 23.9 Å². The van der Waals surface area contributed by atoms with Gasteiger partial charge in [0.2, 0.25) is 0 Å². The van der Waals surface area contributed by atoms with Crippen molar-refractivity contribution < 1.29 is 18.3 Å². The lowest BCUT2D eigenvalue weighted by Crippen LogP contribution is -2.16. The number of amides is 1. The number of nitrogens with zero attached hydrogens (tertiary/aromatic N) is 1. The van der Waals surface area contributed by atoms with Crippen LogP contribution in [0.4, 0.5) is 14.5 Å². The van der Waals surface area contributed by atoms with Crippen molar-refractivity contribution in [2.75, 3.05) is 18.7 Å². The number of carbonyl (C=O) groups excluding carboxylic acids is 1. The van der Waals surface area contributed by atoms with Crippen LogP contribution in [0.25, 0.3) is 0 Å². The van der Waals surface area contributed by atoms with E-state index in [1.807, 2.05) is 6.26 Å². The SMILES string of the molecule is COc1c(F)cc(NC(=O)c2ncccc2CSC)cc1F. The third-order valence-electron chi connectivity index (χ3n) is 2.87. The van der Waals surface area contributed by atoms with Gasteiger partial charge < -0.3 is 10.1 Å². The van der Waals surface area contributed by atoms with Gasteiger partial charge in [-0.2, -0.15) is 11.8 Å². The zero-order valence-electron chi connectivity index (χ0n) is 12.0. The second-order valence-corrected chi connectivity index (χ2v) is 5.24. The van der Waals surface area contributed by atoms with Crippen molar-refractivity contribution in [1.82, 2.24) is 4.98 Å². The summed E-state index contributed by atoms with van der Waals surface area (Å²) in [7, 11) is 1.17. The molecule has 4 nitrogen and oxygen atoms in total. The summed E-state index contributed by atoms with van der Waals surface area (Å²) < 4.78 is 31.9. The van der Waals surface area contributed by atoms with Crippen molar-refractivity contribution in [3.63, 3.8) is 0 Å². The third kappa shape index (κ3) is 3.54. The van der Waals surface area contributed by atoms with Gasteiger partial charge >= 0.3 is 0 Å². The molecule has 0 fully saturated rings. The molecule has 0 radical (unpaired) electrons. The standard InChI is InChI=1S/C15H14F2N2O2S/c1-21-14-11(16)6-10(7-12(14)17)19-15(20)13-9(8-22-2)4-3-5-18-13/h3-7H,8H2,1-2H3,(H,19,20). The first-order chi connectivity index (χ1) is 10.6. The molecule has 1 aromatic carbocycles. The van der Waals surface area contributed by atoms with Crippen LogP contribution in [0.5, 0.6) is 5.75 Å². The Morgan fingerprint density at radius 2 is 2.05 bits per heavy atom. The third-order valence-corrected chi connectivity index (χ3v) is 3.47. The summed E-state index contributed by atoms with van der Waals surface area (Å²) in [6, 6.07) is 5.51. The number of thioether (sulfide) groups is 1. The van der Waals surface area contributed by atoms with Crippen molar-refractivity contribution in [2.24, 2.45) is 0 Å². The van der Waals surface area contributed by atoms with Gasteiger partial charge in [-0.1, -0.05) is 6.07 Å². The summed E-state index contributed by atoms with van der Waals surface area (Å²) >= 11 is 1.55. The fourth-order valence-corrected chi connectivity index (χ4v) is 2.48. The highest BCUT2D eigenvalue weighted by molar-refractivity contribution is 7.97. The number of aromatic nitrogens is 1. The molecular weight excluding hydrogens is 310 g/mol. The maximum atomic E-state index is 13.6. The van der Waals surface area contributed by atoms with Gasteiger partial charge in [-0.25, -0.2) is 8.78 Å². The van der Waals surface area contributed by atoms with E-state index in [-0.39, 0.29) is 11.4 Å². The molecule has 0 unspecified atom stereocenters. The van der Waals surface area contributed by atoms with Crippen LogP contribution < -0.4 is 10.1 Å². The van der Waals surface area contributed by atoms with Gasteiger partial charge in [0.15, 0.2) is 17.4 Å². The molecule has 0 saturated heterocycles. The van der Waals surface area contributed by atoms with E-state index in [9.17, 15) is 13.6 Å². The Bertz CT molecular complexity index is 672. The lowest BCUT2D eigenvalue weighted by molar-refractivity contribution is 0.102. The molecule has 7 heteroatoms. The topological polar surface area (TPSA) is 51.2 Å². The molecule has 0 spiro atoms. The second kappa shape index (κ2) is 7.22. The Kier molecular flexibility index (Phi) is 5.32. The van der Waals surface area contributed by atoms with Gasteiger partial charge in [0.05, 0.1) is 7.11 Å². The van der Waals surface area contributed by atoms with Gasteiger partial charge in [0.25, 0.3) is 5.91 Å². The van der Waals surface area contributed by atoms with Crippen molar-refractivity contribution in [3.05, 3.63) is 53.4 Å². The molecule has 1 heterocycles. The van der Waals surface area contributed by atoms with Gasteiger partial charge in [0, 0.05) is 29.8 Å². The summed E-state index contributed by atoms with van der Waals surface area (Å²) in [6.07, 6.45) is 3.40. The molecule has 1 N–H and O–H groups in total. The number of hydrogen-bond donors (Lipinski definition) is 1. The molecule has 0 aliphatic heterocycles. The molecule has 0 aliphatic carbocycles. The normalized spacial score (nSPS) is 10.4. The van der Waals surface area contributed by atoms with Crippen LogP contribution in [0, 0.1) is 11.6 Å². The molecule has 0 bridgehead atoms. The van der Waals surface area contributed by atoms with Crippen LogP contribution in [0.15, 0.2) is 30.5 Å². The van der Waals surface area contributed by atoms with Gasteiger partial charge in [-0.3, -0.25) is 9.78 Å². The van der Waals surface area contributed by atoms with Crippen LogP contribution in [0.3, 0.4) is 0 Å². The average Bonchev–Trinajstić information content (AvgIpc) is 2.47. The highest BCUT2D eigenvalue weighted by Gasteiger charge is 2.16. The zero-order valence-corrected chi connectivity index (χ0v) is 12.8. The van der Waals surface area contributed by atoms with Gasteiger partial charge in [0.1, 0.15) is 5.69 Å². The van der Waals surface area contributed by atoms with Gasteiger partial charge in [-0.05, 0) is 17.9 Å². The minimum atomic E-state index is -0.886. The van der Waals surface area contributed by atoms with E-state index < -0.39 is 23.3 Å². The Morgan fingerprint density at radius 1 is 1.36 bits per heavy atom. The molecule has 22 heavy (non-hydrogen) atoms. The molecule has 2 aromatic rings. The number of ether oxygens (including phenoxy) is 1. The maximum absolute atomic E-state index is 13.6. The van der Waals surface area contributed by atoms with E-state index >= 15 is 0 Å². The zero-order chi connectivity index (χ0) is 16.1. The number of methoxy groups -OCH3 is 1. The smallest absolute Gasteiger partial charge is 0.274 e. The first kappa shape index (κ1) is 16.2. The molecule has 1 amide bonds. The van der Waals surface area contributed by atoms with Crippen LogP contribution in [-0.2, 0) is 5.75 Å². The summed E-state index contributed by atoms with van der Waals surface area (Å²) in [5, 5.41) is 2.44. The number of rotatable bonds is 5. The Hall–Kier alpha value is -2.15. The summed E-state index contributed by atoms with van der Waals surface area (Å²) in [4.78, 5) is 16.3. The van der Waals surface area contributed by atoms with Crippen molar-refractivity contribution in [1.29, 1.82) is 0 Å². The van der Waals surface area contributed by atoms with Gasteiger partial charge in [-0.15, -0.1) is 0 Å². The molecule has 116 valence electrons. The fourth-order valence-electron chi connectivity index (χ4n) is 1.93. The number of benzene rings is 1. The van der Waals surface area contributed by atoms with Crippen LogP contribution in [0.1, 0.15) is 16.1 Å². The monoisotopic (exact) mass is 324 g/mol. The molecule has 2 rings (SSSR count). The number of halogens is 2. The van der Waals surface area contributed by atoms with Crippen molar-refractivity contribution in [3.8, 4) is 5.75 Å². The number of pyridine rings is 1. The van der Waals surface area contributed by atoms with E-state index in [0.29, 0.717) is 5.75 Å². The Labute approximate surface area is 130 Å². The largest absolute Gasteiger partial charge is 0.491 e. The van der Waals surface area contributed by atoms with Crippen LogP contribution in [0.2, 0.25) is 0 Å². The predicted octanol–water partition coefficient (Wildman–Crippen LogP) is 3.48. The molecule has 0 atom stereocenters. The lowest BCUT2D eigenvalue weighted by atomic mass is 10.2. The number of carbonyl (C=O) groups is 1. The van der Waals surface area contributed by atoms with Crippen LogP contribution >= 0.6 is 11.8 Å². The number of anilines is 1. The summed E-state index contributed by atoms with van der Waals surface area (Å²) in [5.74, 6) is -2.17. The quantitative estimate of drug-likeness (QED) is 0.915. The molecular formula is C15H14F2N2O2S. The van der Waals surface area contributed by atoms with E-state index in [2.05, 4.69) is 15.0 Å². The van der Waals surface area contributed by atoms with E-state index in [0.717, 1.165) is 17.7 Å². The average molecular weight is 324 g/mol. The Morgan fingerprint density at radius 3 is 2.64 bits per heavy atom. The minimum Gasteiger partial charge on any atom is -0.491 e.